The minimum absolute atomic E-state index is 0.112. The van der Waals surface area contributed by atoms with Gasteiger partial charge in [-0.2, -0.15) is 11.8 Å². The van der Waals surface area contributed by atoms with Gasteiger partial charge >= 0.3 is 0 Å². The fraction of sp³-hybridized carbons (Fsp3) is 0.500. The smallest absolute Gasteiger partial charge is 0.138 e. The molecule has 0 saturated heterocycles. The SMILES string of the molecule is CSCCC(C)NCc1cc(Cl)cc(Cl)c1O. The fourth-order valence-corrected chi connectivity index (χ4v) is 2.56. The minimum atomic E-state index is 0.112. The van der Waals surface area contributed by atoms with Gasteiger partial charge in [-0.15, -0.1) is 0 Å². The van der Waals surface area contributed by atoms with E-state index >= 15 is 0 Å². The maximum absolute atomic E-state index is 9.78. The second-order valence-electron chi connectivity index (χ2n) is 3.96. The van der Waals surface area contributed by atoms with Crippen molar-refractivity contribution in [3.8, 4) is 5.75 Å². The Morgan fingerprint density at radius 2 is 2.12 bits per heavy atom. The lowest BCUT2D eigenvalue weighted by Gasteiger charge is -2.14. The Hall–Kier alpha value is -0.0900. The standard InChI is InChI=1S/C12H17Cl2NOS/c1-8(3-4-17-2)15-7-9-5-10(13)6-11(14)12(9)16/h5-6,8,15-16H,3-4,7H2,1-2H3. The number of phenols is 1. The summed E-state index contributed by atoms with van der Waals surface area (Å²) in [5.41, 5.74) is 0.735. The summed E-state index contributed by atoms with van der Waals surface area (Å²) >= 11 is 13.6. The third-order valence-electron chi connectivity index (χ3n) is 2.50. The van der Waals surface area contributed by atoms with Crippen molar-refractivity contribution in [3.63, 3.8) is 0 Å². The van der Waals surface area contributed by atoms with Crippen molar-refractivity contribution in [2.24, 2.45) is 0 Å². The summed E-state index contributed by atoms with van der Waals surface area (Å²) in [6.45, 7) is 2.70. The molecule has 2 N–H and O–H groups in total. The van der Waals surface area contributed by atoms with Crippen LogP contribution in [0.2, 0.25) is 10.0 Å². The molecule has 2 nitrogen and oxygen atoms in total. The number of hydrogen-bond acceptors (Lipinski definition) is 3. The Bertz CT molecular complexity index is 374. The van der Waals surface area contributed by atoms with Crippen molar-refractivity contribution in [2.75, 3.05) is 12.0 Å². The van der Waals surface area contributed by atoms with Crippen LogP contribution in [0.3, 0.4) is 0 Å². The second kappa shape index (κ2) is 7.37. The Morgan fingerprint density at radius 3 is 2.76 bits per heavy atom. The van der Waals surface area contributed by atoms with Gasteiger partial charge in [0.25, 0.3) is 0 Å². The molecule has 1 aromatic rings. The molecule has 0 saturated carbocycles. The van der Waals surface area contributed by atoms with Crippen LogP contribution in [0.5, 0.6) is 5.75 Å². The van der Waals surface area contributed by atoms with Crippen LogP contribution in [0, 0.1) is 0 Å². The maximum atomic E-state index is 9.78. The molecule has 1 atom stereocenters. The van der Waals surface area contributed by atoms with E-state index in [0.29, 0.717) is 22.6 Å². The quantitative estimate of drug-likeness (QED) is 0.833. The molecule has 0 bridgehead atoms. The molecule has 0 heterocycles. The van der Waals surface area contributed by atoms with Crippen molar-refractivity contribution in [3.05, 3.63) is 27.7 Å². The molecule has 1 aromatic carbocycles. The fourth-order valence-electron chi connectivity index (χ4n) is 1.43. The minimum Gasteiger partial charge on any atom is -0.506 e. The molecule has 0 radical (unpaired) electrons. The molecule has 1 unspecified atom stereocenters. The van der Waals surface area contributed by atoms with Gasteiger partial charge in [0.05, 0.1) is 5.02 Å². The van der Waals surface area contributed by atoms with Crippen molar-refractivity contribution < 1.29 is 5.11 Å². The van der Waals surface area contributed by atoms with Gasteiger partial charge in [0, 0.05) is 23.2 Å². The van der Waals surface area contributed by atoms with Crippen molar-refractivity contribution in [2.45, 2.75) is 25.9 Å². The van der Waals surface area contributed by atoms with Crippen LogP contribution < -0.4 is 5.32 Å². The molecule has 0 aromatic heterocycles. The number of rotatable bonds is 6. The van der Waals surface area contributed by atoms with E-state index in [1.807, 2.05) is 11.8 Å². The van der Waals surface area contributed by atoms with E-state index in [1.165, 1.54) is 0 Å². The van der Waals surface area contributed by atoms with Gasteiger partial charge in [0.1, 0.15) is 5.75 Å². The molecule has 0 aliphatic rings. The van der Waals surface area contributed by atoms with Gasteiger partial charge in [-0.3, -0.25) is 0 Å². The van der Waals surface area contributed by atoms with Gasteiger partial charge in [0.2, 0.25) is 0 Å². The average molecular weight is 294 g/mol. The molecule has 0 amide bonds. The summed E-state index contributed by atoms with van der Waals surface area (Å²) in [4.78, 5) is 0. The van der Waals surface area contributed by atoms with E-state index in [9.17, 15) is 5.11 Å². The van der Waals surface area contributed by atoms with Crippen molar-refractivity contribution in [1.29, 1.82) is 0 Å². The predicted octanol–water partition coefficient (Wildman–Crippen LogP) is 3.93. The molecule has 0 fully saturated rings. The van der Waals surface area contributed by atoms with Gasteiger partial charge in [-0.25, -0.2) is 0 Å². The highest BCUT2D eigenvalue weighted by molar-refractivity contribution is 7.98. The van der Waals surface area contributed by atoms with E-state index in [1.54, 1.807) is 12.1 Å². The normalized spacial score (nSPS) is 12.7. The van der Waals surface area contributed by atoms with Crippen molar-refractivity contribution in [1.82, 2.24) is 5.32 Å². The number of hydrogen-bond donors (Lipinski definition) is 2. The third kappa shape index (κ3) is 4.96. The van der Waals surface area contributed by atoms with Crippen LogP contribution in [-0.2, 0) is 6.54 Å². The molecule has 5 heteroatoms. The Labute approximate surface area is 117 Å². The van der Waals surface area contributed by atoms with Gasteiger partial charge in [0.15, 0.2) is 0 Å². The van der Waals surface area contributed by atoms with Crippen molar-refractivity contribution >= 4 is 35.0 Å². The highest BCUT2D eigenvalue weighted by Crippen LogP contribution is 2.31. The van der Waals surface area contributed by atoms with E-state index < -0.39 is 0 Å². The first-order chi connectivity index (χ1) is 8.04. The Kier molecular flexibility index (Phi) is 6.49. The van der Waals surface area contributed by atoms with Gasteiger partial charge in [-0.1, -0.05) is 23.2 Å². The first-order valence-electron chi connectivity index (χ1n) is 5.43. The van der Waals surface area contributed by atoms with Crippen LogP contribution in [0.1, 0.15) is 18.9 Å². The molecule has 96 valence electrons. The van der Waals surface area contributed by atoms with Gasteiger partial charge < -0.3 is 10.4 Å². The molecule has 0 spiro atoms. The lowest BCUT2D eigenvalue weighted by atomic mass is 10.1. The third-order valence-corrected chi connectivity index (χ3v) is 3.65. The maximum Gasteiger partial charge on any atom is 0.138 e. The van der Waals surface area contributed by atoms with Crippen LogP contribution >= 0.6 is 35.0 Å². The largest absolute Gasteiger partial charge is 0.506 e. The summed E-state index contributed by atoms with van der Waals surface area (Å²) in [5.74, 6) is 1.23. The highest BCUT2D eigenvalue weighted by atomic mass is 35.5. The topological polar surface area (TPSA) is 32.3 Å². The Balaban J connectivity index is 2.57. The van der Waals surface area contributed by atoms with E-state index in [4.69, 9.17) is 23.2 Å². The molecule has 0 aliphatic heterocycles. The molecular formula is C12H17Cl2NOS. The van der Waals surface area contributed by atoms with E-state index in [-0.39, 0.29) is 5.75 Å². The number of nitrogens with one attached hydrogen (secondary N) is 1. The number of aromatic hydroxyl groups is 1. The zero-order valence-corrected chi connectivity index (χ0v) is 12.3. The average Bonchev–Trinajstić information content (AvgIpc) is 2.29. The zero-order chi connectivity index (χ0) is 12.8. The summed E-state index contributed by atoms with van der Waals surface area (Å²) < 4.78 is 0. The number of halogens is 2. The first-order valence-corrected chi connectivity index (χ1v) is 7.58. The van der Waals surface area contributed by atoms with Crippen LogP contribution in [0.25, 0.3) is 0 Å². The lowest BCUT2D eigenvalue weighted by molar-refractivity contribution is 0.458. The summed E-state index contributed by atoms with van der Waals surface area (Å²) in [5, 5.41) is 14.0. The highest BCUT2D eigenvalue weighted by Gasteiger charge is 2.09. The van der Waals surface area contributed by atoms with Crippen LogP contribution in [0.15, 0.2) is 12.1 Å². The molecule has 0 aliphatic carbocycles. The summed E-state index contributed by atoms with van der Waals surface area (Å²) in [6.07, 6.45) is 3.19. The molecule has 1 rings (SSSR count). The van der Waals surface area contributed by atoms with E-state index in [2.05, 4.69) is 18.5 Å². The first kappa shape index (κ1) is 15.0. The van der Waals surface area contributed by atoms with Crippen LogP contribution in [-0.4, -0.2) is 23.2 Å². The summed E-state index contributed by atoms with van der Waals surface area (Å²) in [6, 6.07) is 3.68. The lowest BCUT2D eigenvalue weighted by Crippen LogP contribution is -2.26. The van der Waals surface area contributed by atoms with E-state index in [0.717, 1.165) is 17.7 Å². The number of benzene rings is 1. The predicted molar refractivity (Wildman–Crippen MR) is 77.4 cm³/mol. The zero-order valence-electron chi connectivity index (χ0n) is 9.96. The van der Waals surface area contributed by atoms with Crippen LogP contribution in [0.4, 0.5) is 0 Å². The number of phenolic OH excluding ortho intramolecular Hbond substituents is 1. The van der Waals surface area contributed by atoms with Gasteiger partial charge in [-0.05, 0) is 37.5 Å². The monoisotopic (exact) mass is 293 g/mol. The molecular weight excluding hydrogens is 277 g/mol. The second-order valence-corrected chi connectivity index (χ2v) is 5.79. The Morgan fingerprint density at radius 1 is 1.41 bits per heavy atom. The summed E-state index contributed by atoms with van der Waals surface area (Å²) in [7, 11) is 0. The molecule has 17 heavy (non-hydrogen) atoms. The number of thioether (sulfide) groups is 1.